The van der Waals surface area contributed by atoms with Crippen LogP contribution in [0.4, 0.5) is 5.13 Å². The Morgan fingerprint density at radius 2 is 2.05 bits per heavy atom. The van der Waals surface area contributed by atoms with Crippen molar-refractivity contribution in [3.8, 4) is 11.4 Å². The van der Waals surface area contributed by atoms with E-state index in [0.717, 1.165) is 16.5 Å². The summed E-state index contributed by atoms with van der Waals surface area (Å²) in [4.78, 5) is 6.83. The van der Waals surface area contributed by atoms with Crippen LogP contribution >= 0.6 is 11.5 Å². The number of benzene rings is 1. The first-order valence-corrected chi connectivity index (χ1v) is 7.42. The predicted molar refractivity (Wildman–Crippen MR) is 77.4 cm³/mol. The van der Waals surface area contributed by atoms with E-state index >= 15 is 0 Å². The summed E-state index contributed by atoms with van der Waals surface area (Å²) in [6, 6.07) is 10.5. The van der Waals surface area contributed by atoms with Gasteiger partial charge in [0.15, 0.2) is 5.82 Å². The van der Waals surface area contributed by atoms with Crippen LogP contribution in [0.15, 0.2) is 30.3 Å². The number of hydrogen-bond acceptors (Lipinski definition) is 5. The first-order chi connectivity index (χ1) is 9.38. The van der Waals surface area contributed by atoms with Gasteiger partial charge in [0.2, 0.25) is 5.13 Å². The van der Waals surface area contributed by atoms with Gasteiger partial charge in [-0.15, -0.1) is 0 Å². The van der Waals surface area contributed by atoms with Gasteiger partial charge in [-0.05, 0) is 19.3 Å². The highest BCUT2D eigenvalue weighted by molar-refractivity contribution is 7.09. The molecule has 0 saturated heterocycles. The summed E-state index contributed by atoms with van der Waals surface area (Å²) in [6.07, 6.45) is 3.66. The van der Waals surface area contributed by atoms with Crippen molar-refractivity contribution in [1.29, 1.82) is 0 Å². The van der Waals surface area contributed by atoms with Gasteiger partial charge in [-0.3, -0.25) is 0 Å². The van der Waals surface area contributed by atoms with Gasteiger partial charge in [0.05, 0.1) is 6.61 Å². The first-order valence-electron chi connectivity index (χ1n) is 6.65. The van der Waals surface area contributed by atoms with Crippen LogP contribution in [-0.4, -0.2) is 33.7 Å². The molecule has 0 radical (unpaired) electrons. The topological polar surface area (TPSA) is 49.2 Å². The standard InChI is InChI=1S/C14H17N3OS/c18-10-9-17(12-7-4-8-12)14-15-13(16-19-14)11-5-2-1-3-6-11/h1-3,5-6,12,18H,4,7-10H2. The van der Waals surface area contributed by atoms with Crippen LogP contribution in [0.2, 0.25) is 0 Å². The molecule has 1 aromatic carbocycles. The summed E-state index contributed by atoms with van der Waals surface area (Å²) >= 11 is 1.42. The van der Waals surface area contributed by atoms with E-state index in [1.165, 1.54) is 30.8 Å². The lowest BCUT2D eigenvalue weighted by Crippen LogP contribution is -2.41. The average molecular weight is 275 g/mol. The maximum atomic E-state index is 9.21. The number of aromatic nitrogens is 2. The van der Waals surface area contributed by atoms with Gasteiger partial charge in [0, 0.05) is 29.7 Å². The molecule has 0 bridgehead atoms. The molecule has 1 N–H and O–H groups in total. The summed E-state index contributed by atoms with van der Waals surface area (Å²) < 4.78 is 4.44. The van der Waals surface area contributed by atoms with Gasteiger partial charge < -0.3 is 10.0 Å². The SMILES string of the molecule is OCCN(c1nc(-c2ccccc2)ns1)C1CCC1. The molecule has 19 heavy (non-hydrogen) atoms. The van der Waals surface area contributed by atoms with E-state index in [1.54, 1.807) is 0 Å². The zero-order valence-corrected chi connectivity index (χ0v) is 11.5. The van der Waals surface area contributed by atoms with Crippen LogP contribution in [-0.2, 0) is 0 Å². The second-order valence-corrected chi connectivity index (χ2v) is 5.50. The third-order valence-corrected chi connectivity index (χ3v) is 4.30. The maximum Gasteiger partial charge on any atom is 0.205 e. The van der Waals surface area contributed by atoms with Gasteiger partial charge >= 0.3 is 0 Å². The van der Waals surface area contributed by atoms with Crippen molar-refractivity contribution in [2.45, 2.75) is 25.3 Å². The largest absolute Gasteiger partial charge is 0.395 e. The van der Waals surface area contributed by atoms with Crippen molar-refractivity contribution >= 4 is 16.7 Å². The fourth-order valence-electron chi connectivity index (χ4n) is 2.28. The van der Waals surface area contributed by atoms with Crippen LogP contribution in [0.5, 0.6) is 0 Å². The zero-order valence-electron chi connectivity index (χ0n) is 10.7. The van der Waals surface area contributed by atoms with E-state index in [2.05, 4.69) is 14.3 Å². The average Bonchev–Trinajstić information content (AvgIpc) is 2.86. The van der Waals surface area contributed by atoms with Gasteiger partial charge in [-0.25, -0.2) is 0 Å². The molecular formula is C14H17N3OS. The third-order valence-electron chi connectivity index (χ3n) is 3.55. The molecule has 0 atom stereocenters. The van der Waals surface area contributed by atoms with E-state index in [9.17, 15) is 5.11 Å². The van der Waals surface area contributed by atoms with Crippen LogP contribution in [0.3, 0.4) is 0 Å². The molecule has 1 saturated carbocycles. The fourth-order valence-corrected chi connectivity index (χ4v) is 3.06. The van der Waals surface area contributed by atoms with Crippen molar-refractivity contribution in [2.75, 3.05) is 18.1 Å². The number of hydrogen-bond donors (Lipinski definition) is 1. The van der Waals surface area contributed by atoms with Gasteiger partial charge in [0.25, 0.3) is 0 Å². The van der Waals surface area contributed by atoms with Crippen molar-refractivity contribution in [1.82, 2.24) is 9.36 Å². The van der Waals surface area contributed by atoms with Gasteiger partial charge in [-0.2, -0.15) is 9.36 Å². The van der Waals surface area contributed by atoms with E-state index in [4.69, 9.17) is 0 Å². The van der Waals surface area contributed by atoms with E-state index in [0.29, 0.717) is 12.6 Å². The Morgan fingerprint density at radius 1 is 1.26 bits per heavy atom. The lowest BCUT2D eigenvalue weighted by molar-refractivity contribution is 0.283. The fraction of sp³-hybridized carbons (Fsp3) is 0.429. The minimum atomic E-state index is 0.163. The second-order valence-electron chi connectivity index (χ2n) is 4.77. The molecule has 4 nitrogen and oxygen atoms in total. The summed E-state index contributed by atoms with van der Waals surface area (Å²) in [5.74, 6) is 0.780. The number of aliphatic hydroxyl groups is 1. The number of aliphatic hydroxyl groups excluding tert-OH is 1. The predicted octanol–water partition coefficient (Wildman–Crippen LogP) is 2.56. The minimum Gasteiger partial charge on any atom is -0.395 e. The summed E-state index contributed by atoms with van der Waals surface area (Å²) in [6.45, 7) is 0.810. The van der Waals surface area contributed by atoms with Crippen molar-refractivity contribution in [3.05, 3.63) is 30.3 Å². The Morgan fingerprint density at radius 3 is 2.68 bits per heavy atom. The lowest BCUT2D eigenvalue weighted by atomic mass is 9.92. The molecule has 1 aromatic heterocycles. The molecule has 1 aliphatic rings. The molecule has 3 rings (SSSR count). The number of rotatable bonds is 5. The molecule has 1 heterocycles. The van der Waals surface area contributed by atoms with E-state index < -0.39 is 0 Å². The van der Waals surface area contributed by atoms with Gasteiger partial charge in [0.1, 0.15) is 0 Å². The Hall–Kier alpha value is -1.46. The molecular weight excluding hydrogens is 258 g/mol. The highest BCUT2D eigenvalue weighted by Gasteiger charge is 2.27. The molecule has 5 heteroatoms. The van der Waals surface area contributed by atoms with Crippen LogP contribution in [0.25, 0.3) is 11.4 Å². The van der Waals surface area contributed by atoms with Crippen molar-refractivity contribution in [3.63, 3.8) is 0 Å². The van der Waals surface area contributed by atoms with Crippen molar-refractivity contribution in [2.24, 2.45) is 0 Å². The monoisotopic (exact) mass is 275 g/mol. The third kappa shape index (κ3) is 2.62. The number of anilines is 1. The number of nitrogens with zero attached hydrogens (tertiary/aromatic N) is 3. The summed E-state index contributed by atoms with van der Waals surface area (Å²) in [5.41, 5.74) is 1.04. The molecule has 0 unspecified atom stereocenters. The molecule has 0 aliphatic heterocycles. The second kappa shape index (κ2) is 5.67. The lowest BCUT2D eigenvalue weighted by Gasteiger charge is -2.36. The Labute approximate surface area is 116 Å². The molecule has 100 valence electrons. The van der Waals surface area contributed by atoms with Crippen LogP contribution in [0.1, 0.15) is 19.3 Å². The smallest absolute Gasteiger partial charge is 0.205 e. The Kier molecular flexibility index (Phi) is 3.75. The normalized spacial score (nSPS) is 15.2. The zero-order chi connectivity index (χ0) is 13.1. The molecule has 1 fully saturated rings. The molecule has 0 amide bonds. The quantitative estimate of drug-likeness (QED) is 0.911. The summed E-state index contributed by atoms with van der Waals surface area (Å²) in [7, 11) is 0. The Bertz CT molecular complexity index is 524. The molecule has 0 spiro atoms. The Balaban J connectivity index is 1.82. The van der Waals surface area contributed by atoms with Crippen LogP contribution < -0.4 is 4.90 Å². The maximum absolute atomic E-state index is 9.21. The molecule has 2 aromatic rings. The van der Waals surface area contributed by atoms with Crippen LogP contribution in [0, 0.1) is 0 Å². The summed E-state index contributed by atoms with van der Waals surface area (Å²) in [5, 5.41) is 10.1. The minimum absolute atomic E-state index is 0.163. The van der Waals surface area contributed by atoms with E-state index in [1.807, 2.05) is 30.3 Å². The van der Waals surface area contributed by atoms with E-state index in [-0.39, 0.29) is 6.61 Å². The van der Waals surface area contributed by atoms with Gasteiger partial charge in [-0.1, -0.05) is 30.3 Å². The van der Waals surface area contributed by atoms with Crippen molar-refractivity contribution < 1.29 is 5.11 Å². The highest BCUT2D eigenvalue weighted by atomic mass is 32.1. The highest BCUT2D eigenvalue weighted by Crippen LogP contribution is 2.31. The first kappa shape index (κ1) is 12.6. The molecule has 1 aliphatic carbocycles.